The van der Waals surface area contributed by atoms with Crippen molar-refractivity contribution in [3.8, 4) is 0 Å². The van der Waals surface area contributed by atoms with Crippen LogP contribution >= 0.6 is 0 Å². The fraction of sp³-hybridized carbons (Fsp3) is 0.579. The average molecular weight is 360 g/mol. The molecule has 1 heterocycles. The van der Waals surface area contributed by atoms with Crippen molar-refractivity contribution < 1.29 is 14.3 Å². The number of anilines is 2. The van der Waals surface area contributed by atoms with Crippen LogP contribution in [0, 0.1) is 5.92 Å². The van der Waals surface area contributed by atoms with Crippen LogP contribution in [0.1, 0.15) is 32.6 Å². The number of carbonyl (C=O) groups is 2. The van der Waals surface area contributed by atoms with Gasteiger partial charge in [0.15, 0.2) is 0 Å². The van der Waals surface area contributed by atoms with Crippen molar-refractivity contribution in [1.29, 1.82) is 0 Å². The summed E-state index contributed by atoms with van der Waals surface area (Å²) in [5, 5.41) is 8.39. The zero-order valence-corrected chi connectivity index (χ0v) is 15.3. The van der Waals surface area contributed by atoms with Crippen LogP contribution in [0.15, 0.2) is 24.3 Å². The van der Waals surface area contributed by atoms with Gasteiger partial charge in [-0.15, -0.1) is 0 Å². The molecule has 1 aliphatic heterocycles. The number of benzene rings is 1. The number of urea groups is 2. The molecular formula is C19H28N4O3. The Kier molecular flexibility index (Phi) is 6.33. The Morgan fingerprint density at radius 2 is 2.19 bits per heavy atom. The van der Waals surface area contributed by atoms with Crippen LogP contribution < -0.4 is 20.9 Å². The van der Waals surface area contributed by atoms with Crippen molar-refractivity contribution in [2.45, 2.75) is 38.7 Å². The van der Waals surface area contributed by atoms with Gasteiger partial charge in [-0.1, -0.05) is 25.8 Å². The Hall–Kier alpha value is -2.28. The van der Waals surface area contributed by atoms with E-state index < -0.39 is 0 Å². The van der Waals surface area contributed by atoms with Crippen LogP contribution in [0.2, 0.25) is 0 Å². The fourth-order valence-corrected chi connectivity index (χ4v) is 3.55. The maximum absolute atomic E-state index is 12.1. The molecule has 3 N–H and O–H groups in total. The molecule has 4 amide bonds. The van der Waals surface area contributed by atoms with Crippen LogP contribution in [0.3, 0.4) is 0 Å². The molecule has 2 atom stereocenters. The van der Waals surface area contributed by atoms with E-state index in [2.05, 4.69) is 22.9 Å². The number of hydrogen-bond acceptors (Lipinski definition) is 3. The minimum atomic E-state index is -0.270. The van der Waals surface area contributed by atoms with E-state index in [1.807, 2.05) is 12.1 Å². The predicted octanol–water partition coefficient (Wildman–Crippen LogP) is 2.93. The van der Waals surface area contributed by atoms with Crippen molar-refractivity contribution in [2.75, 3.05) is 36.5 Å². The summed E-state index contributed by atoms with van der Waals surface area (Å²) >= 11 is 0. The Bertz CT molecular complexity index is 637. The van der Waals surface area contributed by atoms with Crippen molar-refractivity contribution >= 4 is 23.4 Å². The van der Waals surface area contributed by atoms with Crippen LogP contribution in [-0.2, 0) is 4.74 Å². The van der Waals surface area contributed by atoms with Gasteiger partial charge in [-0.25, -0.2) is 9.59 Å². The van der Waals surface area contributed by atoms with Gasteiger partial charge in [-0.05, 0) is 37.0 Å². The topological polar surface area (TPSA) is 82.7 Å². The number of ether oxygens (including phenoxy) is 1. The van der Waals surface area contributed by atoms with Gasteiger partial charge in [0, 0.05) is 31.0 Å². The molecule has 7 heteroatoms. The molecule has 0 spiro atoms. The second kappa shape index (κ2) is 8.89. The fourth-order valence-electron chi connectivity index (χ4n) is 3.55. The summed E-state index contributed by atoms with van der Waals surface area (Å²) < 4.78 is 5.90. The summed E-state index contributed by atoms with van der Waals surface area (Å²) in [4.78, 5) is 25.4. The number of amides is 4. The highest BCUT2D eigenvalue weighted by molar-refractivity contribution is 5.95. The molecule has 142 valence electrons. The van der Waals surface area contributed by atoms with E-state index in [1.54, 1.807) is 17.0 Å². The molecule has 7 nitrogen and oxygen atoms in total. The normalized spacial score (nSPS) is 22.8. The lowest BCUT2D eigenvalue weighted by molar-refractivity contribution is -0.00232. The first-order valence-electron chi connectivity index (χ1n) is 9.45. The summed E-state index contributed by atoms with van der Waals surface area (Å²) in [6.45, 7) is 4.50. The number of rotatable bonds is 6. The molecule has 2 aliphatic rings. The Morgan fingerprint density at radius 3 is 2.96 bits per heavy atom. The van der Waals surface area contributed by atoms with Crippen LogP contribution in [0.25, 0.3) is 0 Å². The van der Waals surface area contributed by atoms with Gasteiger partial charge in [-0.2, -0.15) is 0 Å². The SMILES string of the molecule is C[C@@H]1CCCC[C@H]1OCCNC(=O)Nc1cccc(N2CCNC2=O)c1. The Balaban J connectivity index is 1.41. The third-order valence-electron chi connectivity index (χ3n) is 5.02. The maximum Gasteiger partial charge on any atom is 0.321 e. The van der Waals surface area contributed by atoms with Crippen LogP contribution in [0.4, 0.5) is 21.0 Å². The van der Waals surface area contributed by atoms with Crippen molar-refractivity contribution in [3.63, 3.8) is 0 Å². The van der Waals surface area contributed by atoms with E-state index >= 15 is 0 Å². The molecule has 2 fully saturated rings. The minimum absolute atomic E-state index is 0.110. The molecule has 1 aliphatic carbocycles. The van der Waals surface area contributed by atoms with Gasteiger partial charge < -0.3 is 20.7 Å². The molecule has 1 saturated carbocycles. The van der Waals surface area contributed by atoms with Gasteiger partial charge in [0.2, 0.25) is 0 Å². The highest BCUT2D eigenvalue weighted by Gasteiger charge is 2.22. The molecular weight excluding hydrogens is 332 g/mol. The minimum Gasteiger partial charge on any atom is -0.376 e. The molecule has 0 radical (unpaired) electrons. The first kappa shape index (κ1) is 18.5. The molecule has 1 aromatic carbocycles. The van der Waals surface area contributed by atoms with Gasteiger partial charge in [-0.3, -0.25) is 4.90 Å². The van der Waals surface area contributed by atoms with E-state index in [-0.39, 0.29) is 12.1 Å². The highest BCUT2D eigenvalue weighted by atomic mass is 16.5. The maximum atomic E-state index is 12.1. The second-order valence-corrected chi connectivity index (χ2v) is 6.99. The van der Waals surface area contributed by atoms with E-state index in [1.165, 1.54) is 19.3 Å². The van der Waals surface area contributed by atoms with Gasteiger partial charge in [0.25, 0.3) is 0 Å². The highest BCUT2D eigenvalue weighted by Crippen LogP contribution is 2.26. The number of carbonyl (C=O) groups excluding carboxylic acids is 2. The number of nitrogens with one attached hydrogen (secondary N) is 3. The smallest absolute Gasteiger partial charge is 0.321 e. The molecule has 1 aromatic rings. The summed E-state index contributed by atoms with van der Waals surface area (Å²) in [5.74, 6) is 0.600. The summed E-state index contributed by atoms with van der Waals surface area (Å²) in [7, 11) is 0. The quantitative estimate of drug-likeness (QED) is 0.682. The predicted molar refractivity (Wildman–Crippen MR) is 102 cm³/mol. The van der Waals surface area contributed by atoms with E-state index in [0.717, 1.165) is 12.1 Å². The number of hydrogen-bond donors (Lipinski definition) is 3. The molecule has 1 saturated heterocycles. The molecule has 26 heavy (non-hydrogen) atoms. The van der Waals surface area contributed by atoms with Crippen molar-refractivity contribution in [2.24, 2.45) is 5.92 Å². The van der Waals surface area contributed by atoms with Gasteiger partial charge in [0.05, 0.1) is 12.7 Å². The number of nitrogens with zero attached hydrogens (tertiary/aromatic N) is 1. The lowest BCUT2D eigenvalue weighted by Gasteiger charge is -2.28. The second-order valence-electron chi connectivity index (χ2n) is 6.99. The first-order chi connectivity index (χ1) is 12.6. The van der Waals surface area contributed by atoms with Crippen molar-refractivity contribution in [3.05, 3.63) is 24.3 Å². The average Bonchev–Trinajstić information content (AvgIpc) is 3.06. The van der Waals surface area contributed by atoms with Gasteiger partial charge >= 0.3 is 12.1 Å². The molecule has 0 bridgehead atoms. The van der Waals surface area contributed by atoms with Gasteiger partial charge in [0.1, 0.15) is 0 Å². The zero-order chi connectivity index (χ0) is 18.4. The molecule has 0 aromatic heterocycles. The Morgan fingerprint density at radius 1 is 1.35 bits per heavy atom. The summed E-state index contributed by atoms with van der Waals surface area (Å²) in [6.07, 6.45) is 5.18. The monoisotopic (exact) mass is 360 g/mol. The largest absolute Gasteiger partial charge is 0.376 e. The van der Waals surface area contributed by atoms with Crippen LogP contribution in [0.5, 0.6) is 0 Å². The molecule has 0 unspecified atom stereocenters. The molecule has 3 rings (SSSR count). The zero-order valence-electron chi connectivity index (χ0n) is 15.3. The lowest BCUT2D eigenvalue weighted by atomic mass is 9.88. The first-order valence-corrected chi connectivity index (χ1v) is 9.45. The third-order valence-corrected chi connectivity index (χ3v) is 5.02. The standard InChI is InChI=1S/C19H28N4O3/c1-14-5-2-3-8-17(14)26-12-10-20-18(24)22-15-6-4-7-16(13-15)23-11-9-21-19(23)25/h4,6-7,13-14,17H,2-3,5,8-12H2,1H3,(H,21,25)(H2,20,22,24)/t14-,17-/m1/s1. The lowest BCUT2D eigenvalue weighted by Crippen LogP contribution is -2.34. The van der Waals surface area contributed by atoms with Crippen LogP contribution in [-0.4, -0.2) is 44.4 Å². The van der Waals surface area contributed by atoms with E-state index in [4.69, 9.17) is 4.74 Å². The van der Waals surface area contributed by atoms with E-state index in [0.29, 0.717) is 44.0 Å². The summed E-state index contributed by atoms with van der Waals surface area (Å²) in [5.41, 5.74) is 1.42. The summed E-state index contributed by atoms with van der Waals surface area (Å²) in [6, 6.07) is 6.90. The van der Waals surface area contributed by atoms with E-state index in [9.17, 15) is 9.59 Å². The Labute approximate surface area is 154 Å². The third kappa shape index (κ3) is 4.88. The van der Waals surface area contributed by atoms with Crippen molar-refractivity contribution in [1.82, 2.24) is 10.6 Å².